The van der Waals surface area contributed by atoms with Gasteiger partial charge in [0.15, 0.2) is 0 Å². The zero-order valence-corrected chi connectivity index (χ0v) is 18.4. The van der Waals surface area contributed by atoms with Gasteiger partial charge in [-0.25, -0.2) is 9.18 Å². The van der Waals surface area contributed by atoms with Gasteiger partial charge in [0.2, 0.25) is 5.82 Å². The number of piperidine rings is 1. The Morgan fingerprint density at radius 3 is 2.78 bits per heavy atom. The van der Waals surface area contributed by atoms with Crippen LogP contribution in [-0.4, -0.2) is 56.9 Å². The number of benzene rings is 1. The minimum Gasteiger partial charge on any atom is -0.444 e. The number of halogens is 1. The maximum Gasteiger partial charge on any atom is 0.410 e. The highest BCUT2D eigenvalue weighted by Crippen LogP contribution is 2.27. The third kappa shape index (κ3) is 6.16. The number of carbonyl (C=O) groups excluding carboxylic acids is 1. The molecule has 10 nitrogen and oxygen atoms in total. The number of nitriles is 1. The number of para-hydroxylation sites is 1. The number of likely N-dealkylation sites (tertiary alicyclic amines) is 1. The molecule has 1 aromatic heterocycles. The number of tetrazole rings is 1. The highest BCUT2D eigenvalue weighted by molar-refractivity contribution is 5.77. The first-order valence-electron chi connectivity index (χ1n) is 10.4. The standard InChI is InChI=1S/C21H27FN8O2/c1-21(2,3)32-20(31)30-9-7-14(8-10-30)12-24-17-6-4-5-16(22)18(17)25-13-15(11-23)19-26-28-29-27-19/h4-6,13-14,24-25H,7-10,12H2,1-3H3,(H,26,27,28,29). The maximum atomic E-state index is 14.5. The predicted molar refractivity (Wildman–Crippen MR) is 117 cm³/mol. The number of nitrogens with zero attached hydrogens (tertiary/aromatic N) is 5. The van der Waals surface area contributed by atoms with Crippen molar-refractivity contribution in [3.63, 3.8) is 0 Å². The van der Waals surface area contributed by atoms with E-state index in [1.807, 2.05) is 26.8 Å². The molecule has 0 unspecified atom stereocenters. The fourth-order valence-electron chi connectivity index (χ4n) is 3.29. The number of hydrogen-bond donors (Lipinski definition) is 3. The van der Waals surface area contributed by atoms with Crippen molar-refractivity contribution in [2.75, 3.05) is 30.3 Å². The number of rotatable bonds is 6. The zero-order chi connectivity index (χ0) is 23.1. The van der Waals surface area contributed by atoms with Crippen LogP contribution in [-0.2, 0) is 4.74 Å². The highest BCUT2D eigenvalue weighted by atomic mass is 19.1. The van der Waals surface area contributed by atoms with Crippen LogP contribution >= 0.6 is 0 Å². The Morgan fingerprint density at radius 2 is 2.16 bits per heavy atom. The molecule has 2 heterocycles. The molecule has 2 aromatic rings. The number of allylic oxidation sites excluding steroid dienone is 1. The van der Waals surface area contributed by atoms with Crippen molar-refractivity contribution in [3.05, 3.63) is 36.0 Å². The van der Waals surface area contributed by atoms with E-state index in [-0.39, 0.29) is 23.2 Å². The second-order valence-electron chi connectivity index (χ2n) is 8.50. The molecule has 1 aliphatic rings. The summed E-state index contributed by atoms with van der Waals surface area (Å²) in [5.74, 6) is -0.0201. The molecule has 1 aliphatic heterocycles. The maximum absolute atomic E-state index is 14.5. The number of amides is 1. The molecule has 3 N–H and O–H groups in total. The lowest BCUT2D eigenvalue weighted by Crippen LogP contribution is -2.42. The summed E-state index contributed by atoms with van der Waals surface area (Å²) in [5.41, 5.74) is 0.387. The summed E-state index contributed by atoms with van der Waals surface area (Å²) in [6.45, 7) is 7.42. The molecule has 170 valence electrons. The van der Waals surface area contributed by atoms with Crippen LogP contribution in [0.2, 0.25) is 0 Å². The summed E-state index contributed by atoms with van der Waals surface area (Å²) in [7, 11) is 0. The van der Waals surface area contributed by atoms with E-state index in [0.29, 0.717) is 31.2 Å². The first-order valence-corrected chi connectivity index (χ1v) is 10.4. The van der Waals surface area contributed by atoms with Gasteiger partial charge in [0.25, 0.3) is 0 Å². The van der Waals surface area contributed by atoms with Crippen molar-refractivity contribution < 1.29 is 13.9 Å². The van der Waals surface area contributed by atoms with Gasteiger partial charge in [-0.15, -0.1) is 10.2 Å². The molecule has 0 saturated carbocycles. The molecular weight excluding hydrogens is 415 g/mol. The second kappa shape index (κ2) is 10.1. The van der Waals surface area contributed by atoms with Gasteiger partial charge in [0.05, 0.1) is 11.4 Å². The lowest BCUT2D eigenvalue weighted by Gasteiger charge is -2.33. The van der Waals surface area contributed by atoms with E-state index in [9.17, 15) is 14.4 Å². The Kier molecular flexibility index (Phi) is 7.25. The van der Waals surface area contributed by atoms with Crippen molar-refractivity contribution in [1.29, 1.82) is 5.26 Å². The predicted octanol–water partition coefficient (Wildman–Crippen LogP) is 3.37. The Morgan fingerprint density at radius 1 is 1.41 bits per heavy atom. The molecule has 1 saturated heterocycles. The van der Waals surface area contributed by atoms with E-state index in [2.05, 4.69) is 31.3 Å². The first kappa shape index (κ1) is 23.0. The number of anilines is 2. The largest absolute Gasteiger partial charge is 0.444 e. The molecule has 0 spiro atoms. The summed E-state index contributed by atoms with van der Waals surface area (Å²) in [4.78, 5) is 13.9. The van der Waals surface area contributed by atoms with Crippen molar-refractivity contribution >= 4 is 23.0 Å². The summed E-state index contributed by atoms with van der Waals surface area (Å²) >= 11 is 0. The lowest BCUT2D eigenvalue weighted by atomic mass is 9.97. The number of H-pyrrole nitrogens is 1. The molecule has 1 aromatic carbocycles. The first-order chi connectivity index (χ1) is 15.3. The SMILES string of the molecule is CC(C)(C)OC(=O)N1CCC(CNc2cccc(F)c2NC=C(C#N)c2nn[nH]n2)CC1. The average molecular weight is 442 g/mol. The summed E-state index contributed by atoms with van der Waals surface area (Å²) < 4.78 is 19.9. The molecule has 0 aliphatic carbocycles. The van der Waals surface area contributed by atoms with E-state index >= 15 is 0 Å². The summed E-state index contributed by atoms with van der Waals surface area (Å²) in [6, 6.07) is 6.66. The van der Waals surface area contributed by atoms with Crippen LogP contribution < -0.4 is 10.6 Å². The van der Waals surface area contributed by atoms with Crippen LogP contribution in [0, 0.1) is 23.1 Å². The van der Waals surface area contributed by atoms with Crippen LogP contribution in [0.3, 0.4) is 0 Å². The fourth-order valence-corrected chi connectivity index (χ4v) is 3.29. The number of aromatic amines is 1. The van der Waals surface area contributed by atoms with Crippen LogP contribution in [0.15, 0.2) is 24.4 Å². The van der Waals surface area contributed by atoms with Crippen molar-refractivity contribution in [2.45, 2.75) is 39.2 Å². The number of hydrogen-bond acceptors (Lipinski definition) is 8. The van der Waals surface area contributed by atoms with Crippen LogP contribution in [0.1, 0.15) is 39.4 Å². The van der Waals surface area contributed by atoms with Gasteiger partial charge in [0, 0.05) is 25.8 Å². The van der Waals surface area contributed by atoms with Gasteiger partial charge in [-0.2, -0.15) is 10.5 Å². The van der Waals surface area contributed by atoms with Gasteiger partial charge < -0.3 is 20.3 Å². The van der Waals surface area contributed by atoms with Crippen LogP contribution in [0.5, 0.6) is 0 Å². The van der Waals surface area contributed by atoms with E-state index < -0.39 is 11.4 Å². The molecule has 0 bridgehead atoms. The van der Waals surface area contributed by atoms with Gasteiger partial charge in [-0.05, 0) is 56.9 Å². The number of nitrogens with one attached hydrogen (secondary N) is 3. The lowest BCUT2D eigenvalue weighted by molar-refractivity contribution is 0.0188. The average Bonchev–Trinajstić information content (AvgIpc) is 3.28. The van der Waals surface area contributed by atoms with E-state index in [4.69, 9.17) is 4.74 Å². The Balaban J connectivity index is 1.58. The fraction of sp³-hybridized carbons (Fsp3) is 0.476. The molecule has 0 atom stereocenters. The molecule has 11 heteroatoms. The van der Waals surface area contributed by atoms with Gasteiger partial charge in [0.1, 0.15) is 23.1 Å². The van der Waals surface area contributed by atoms with Crippen molar-refractivity contribution in [2.24, 2.45) is 5.92 Å². The van der Waals surface area contributed by atoms with Gasteiger partial charge in [-0.1, -0.05) is 6.07 Å². The molecular formula is C21H27FN8O2. The Labute approximate surface area is 185 Å². The van der Waals surface area contributed by atoms with Crippen LogP contribution in [0.25, 0.3) is 5.57 Å². The molecule has 1 fully saturated rings. The highest BCUT2D eigenvalue weighted by Gasteiger charge is 2.26. The summed E-state index contributed by atoms with van der Waals surface area (Å²) in [6.07, 6.45) is 2.69. The zero-order valence-electron chi connectivity index (χ0n) is 18.4. The van der Waals surface area contributed by atoms with Crippen molar-refractivity contribution in [1.82, 2.24) is 25.5 Å². The third-order valence-corrected chi connectivity index (χ3v) is 4.93. The van der Waals surface area contributed by atoms with Gasteiger partial charge in [-0.3, -0.25) is 0 Å². The van der Waals surface area contributed by atoms with E-state index in [1.54, 1.807) is 17.0 Å². The van der Waals surface area contributed by atoms with Crippen molar-refractivity contribution in [3.8, 4) is 6.07 Å². The number of ether oxygens (including phenoxy) is 1. The Bertz CT molecular complexity index is 986. The number of carbonyl (C=O) groups is 1. The minimum absolute atomic E-state index is 0.113. The molecule has 32 heavy (non-hydrogen) atoms. The summed E-state index contributed by atoms with van der Waals surface area (Å²) in [5, 5.41) is 28.6. The molecule has 3 rings (SSSR count). The molecule has 0 radical (unpaired) electrons. The smallest absolute Gasteiger partial charge is 0.410 e. The minimum atomic E-state index is -0.514. The second-order valence-corrected chi connectivity index (χ2v) is 8.50. The Hall–Kier alpha value is -3.68. The monoisotopic (exact) mass is 442 g/mol. The normalized spacial score (nSPS) is 15.2. The van der Waals surface area contributed by atoms with E-state index in [0.717, 1.165) is 12.8 Å². The topological polar surface area (TPSA) is 132 Å². The number of aromatic nitrogens is 4. The van der Waals surface area contributed by atoms with Gasteiger partial charge >= 0.3 is 6.09 Å². The molecule has 1 amide bonds. The third-order valence-electron chi connectivity index (χ3n) is 4.93. The van der Waals surface area contributed by atoms with Crippen LogP contribution in [0.4, 0.5) is 20.6 Å². The quantitative estimate of drug-likeness (QED) is 0.580. The van der Waals surface area contributed by atoms with E-state index in [1.165, 1.54) is 12.3 Å².